The van der Waals surface area contributed by atoms with Gasteiger partial charge in [-0.15, -0.1) is 0 Å². The van der Waals surface area contributed by atoms with Gasteiger partial charge in [0.2, 0.25) is 11.7 Å². The predicted octanol–water partition coefficient (Wildman–Crippen LogP) is 0.119. The number of carbonyl (C=O) groups is 3. The van der Waals surface area contributed by atoms with Crippen LogP contribution in [0.3, 0.4) is 0 Å². The molecule has 0 fully saturated rings. The molecular weight excluding hydrogens is 278 g/mol. The van der Waals surface area contributed by atoms with Crippen LogP contribution in [0.2, 0.25) is 0 Å². The summed E-state index contributed by atoms with van der Waals surface area (Å²) < 4.78 is 87.9. The second-order valence-corrected chi connectivity index (χ2v) is 3.59. The largest absolute Gasteiger partial charge is 0.461 e. The summed E-state index contributed by atoms with van der Waals surface area (Å²) >= 11 is 0. The van der Waals surface area contributed by atoms with E-state index in [-0.39, 0.29) is 0 Å². The second kappa shape index (κ2) is 10.7. The smallest absolute Gasteiger partial charge is 0.372 e. The Morgan fingerprint density at radius 1 is 1.48 bits per heavy atom. The van der Waals surface area contributed by atoms with Crippen molar-refractivity contribution in [1.82, 2.24) is 5.32 Å². The summed E-state index contributed by atoms with van der Waals surface area (Å²) in [6.07, 6.45) is -2.98. The zero-order chi connectivity index (χ0) is 25.5. The lowest BCUT2D eigenvalue weighted by Gasteiger charge is -2.18. The van der Waals surface area contributed by atoms with Crippen molar-refractivity contribution in [1.29, 1.82) is 5.53 Å². The number of hydrogen-bond donors (Lipinski definition) is 2. The van der Waals surface area contributed by atoms with Crippen molar-refractivity contribution < 1.29 is 43.7 Å². The maximum Gasteiger partial charge on any atom is 0.372 e. The summed E-state index contributed by atoms with van der Waals surface area (Å²) in [7, 11) is 0. The van der Waals surface area contributed by atoms with Crippen LogP contribution < -0.4 is 5.32 Å². The van der Waals surface area contributed by atoms with Crippen LogP contribution in [0.4, 0.5) is 0 Å². The third kappa shape index (κ3) is 9.48. The van der Waals surface area contributed by atoms with Gasteiger partial charge in [0.1, 0.15) is 12.6 Å². The van der Waals surface area contributed by atoms with Crippen LogP contribution in [-0.2, 0) is 23.9 Å². The van der Waals surface area contributed by atoms with Gasteiger partial charge in [-0.1, -0.05) is 0 Å². The minimum absolute atomic E-state index is 0.494. The van der Waals surface area contributed by atoms with Gasteiger partial charge in [-0.3, -0.25) is 9.59 Å². The SMILES string of the molecule is [2H]C([2H])([2H])C(OC(=O)[C@H](CCC(=O)C=[N+]=N)NC(=O)COC([2H])([2H])C([2H])([2H])[2H])C([2H])([2H])[2H]. The molecule has 0 heterocycles. The monoisotopic (exact) mass is 311 g/mol. The average molecular weight is 311 g/mol. The van der Waals surface area contributed by atoms with E-state index in [1.165, 1.54) is 0 Å². The molecule has 0 aliphatic heterocycles. The number of nitrogens with zero attached hydrogens (tertiary/aromatic N) is 1. The van der Waals surface area contributed by atoms with E-state index in [4.69, 9.17) is 20.6 Å². The number of ether oxygens (including phenoxy) is 2. The van der Waals surface area contributed by atoms with E-state index in [2.05, 4.69) is 14.3 Å². The number of ketones is 1. The molecule has 0 aromatic carbocycles. The van der Waals surface area contributed by atoms with E-state index in [1.807, 2.05) is 5.32 Å². The number of Topliss-reactive ketones (excluding diaryl/α,β-unsaturated/α-hetero) is 1. The van der Waals surface area contributed by atoms with E-state index < -0.39 is 76.4 Å². The Kier molecular flexibility index (Phi) is 3.71. The molecule has 0 rings (SSSR count). The zero-order valence-corrected chi connectivity index (χ0v) is 10.8. The Hall–Kier alpha value is -2.05. The molecule has 0 saturated heterocycles. The average Bonchev–Trinajstić information content (AvgIpc) is 2.58. The summed E-state index contributed by atoms with van der Waals surface area (Å²) in [6.45, 7) is -14.1. The lowest BCUT2D eigenvalue weighted by molar-refractivity contribution is -0.152. The fourth-order valence-corrected chi connectivity index (χ4v) is 1.21. The summed E-state index contributed by atoms with van der Waals surface area (Å²) in [5.41, 5.74) is 6.57. The van der Waals surface area contributed by atoms with Gasteiger partial charge in [0.15, 0.2) is 0 Å². The first-order chi connectivity index (χ1) is 14.2. The van der Waals surface area contributed by atoms with Crippen molar-refractivity contribution in [2.24, 2.45) is 0 Å². The van der Waals surface area contributed by atoms with Crippen LogP contribution in [0.1, 0.15) is 48.5 Å². The molecule has 0 radical (unpaired) electrons. The van der Waals surface area contributed by atoms with Crippen LogP contribution in [0, 0.1) is 5.53 Å². The van der Waals surface area contributed by atoms with Crippen molar-refractivity contribution >= 4 is 23.9 Å². The molecule has 1 amide bonds. The van der Waals surface area contributed by atoms with Gasteiger partial charge in [0, 0.05) is 25.3 Å². The van der Waals surface area contributed by atoms with Crippen LogP contribution in [0.25, 0.3) is 0 Å². The molecule has 0 aromatic heterocycles. The Balaban J connectivity index is 5.50. The first-order valence-electron chi connectivity index (χ1n) is 11.1. The van der Waals surface area contributed by atoms with Gasteiger partial charge < -0.3 is 14.8 Å². The molecule has 0 bridgehead atoms. The van der Waals surface area contributed by atoms with Gasteiger partial charge in [-0.2, -0.15) is 0 Å². The van der Waals surface area contributed by atoms with Crippen molar-refractivity contribution in [3.8, 4) is 0 Å². The summed E-state index contributed by atoms with van der Waals surface area (Å²) in [4.78, 5) is 38.6. The molecule has 2 N–H and O–H groups in total. The Morgan fingerprint density at radius 3 is 2.86 bits per heavy atom. The predicted molar refractivity (Wildman–Crippen MR) is 72.9 cm³/mol. The number of amides is 1. The number of rotatable bonds is 10. The van der Waals surface area contributed by atoms with Crippen molar-refractivity contribution in [2.75, 3.05) is 13.2 Å². The summed E-state index contributed by atoms with van der Waals surface area (Å²) in [6, 6.07) is -1.78. The highest BCUT2D eigenvalue weighted by molar-refractivity contribution is 6.25. The topological polar surface area (TPSA) is 120 Å². The fraction of sp³-hybridized carbons (Fsp3) is 0.692. The maximum absolute atomic E-state index is 12.4. The van der Waals surface area contributed by atoms with E-state index in [0.29, 0.717) is 6.21 Å². The Morgan fingerprint density at radius 2 is 2.24 bits per heavy atom. The highest BCUT2D eigenvalue weighted by Crippen LogP contribution is 2.03. The molecule has 0 unspecified atom stereocenters. The zero-order valence-electron chi connectivity index (χ0n) is 21.8. The number of hydrogen-bond acceptors (Lipinski definition) is 6. The molecule has 0 aliphatic carbocycles. The quantitative estimate of drug-likeness (QED) is 0.257. The van der Waals surface area contributed by atoms with Gasteiger partial charge in [0.25, 0.3) is 0 Å². The highest BCUT2D eigenvalue weighted by atomic mass is 16.5. The van der Waals surface area contributed by atoms with Crippen LogP contribution >= 0.6 is 0 Å². The molecule has 0 spiro atoms. The van der Waals surface area contributed by atoms with Gasteiger partial charge in [0.05, 0.1) is 19.2 Å². The Bertz CT molecular complexity index is 727. The lowest BCUT2D eigenvalue weighted by atomic mass is 10.1. The van der Waals surface area contributed by atoms with Gasteiger partial charge >= 0.3 is 12.2 Å². The number of carbonyl (C=O) groups excluding carboxylic acids is 3. The number of esters is 1. The van der Waals surface area contributed by atoms with Crippen LogP contribution in [0.5, 0.6) is 0 Å². The van der Waals surface area contributed by atoms with E-state index in [9.17, 15) is 14.4 Å². The third-order valence-electron chi connectivity index (χ3n) is 2.02. The van der Waals surface area contributed by atoms with Gasteiger partial charge in [-0.05, 0) is 27.0 Å². The molecule has 118 valence electrons. The molecule has 0 saturated carbocycles. The fourth-order valence-electron chi connectivity index (χ4n) is 1.21. The van der Waals surface area contributed by atoms with Crippen molar-refractivity contribution in [3.05, 3.63) is 0 Å². The highest BCUT2D eigenvalue weighted by Gasteiger charge is 2.24. The van der Waals surface area contributed by atoms with E-state index in [0.717, 1.165) is 0 Å². The molecule has 1 atom stereocenters. The molecule has 0 aliphatic rings. The van der Waals surface area contributed by atoms with Crippen LogP contribution in [-0.4, -0.2) is 54.0 Å². The lowest BCUT2D eigenvalue weighted by Crippen LogP contribution is -2.44. The third-order valence-corrected chi connectivity index (χ3v) is 2.02. The standard InChI is InChI=1S/C13H21N3O5/c1-4-20-8-12(18)16-11(13(19)21-9(2)3)6-5-10(17)7-15-14/h7,9,11,14H,4-6,8H2,1-3H3/p+1/t11-/m0/s1/i1D3,2D3,3D3,4D2. The first kappa shape index (κ1) is 7.29. The number of nitrogens with one attached hydrogen (secondary N) is 2. The minimum atomic E-state index is -3.25. The van der Waals surface area contributed by atoms with Crippen molar-refractivity contribution in [3.63, 3.8) is 0 Å². The maximum atomic E-state index is 12.4. The Labute approximate surface area is 138 Å². The summed E-state index contributed by atoms with van der Waals surface area (Å²) in [5.74, 6) is -3.52. The molecule has 0 aromatic rings. The molecule has 8 heteroatoms. The van der Waals surface area contributed by atoms with Crippen molar-refractivity contribution in [2.45, 2.75) is 45.5 Å². The molecule has 8 nitrogen and oxygen atoms in total. The normalized spacial score (nSPS) is 21.7. The van der Waals surface area contributed by atoms with Crippen LogP contribution in [0.15, 0.2) is 0 Å². The molecular formula is C13H22N3O5+. The summed E-state index contributed by atoms with van der Waals surface area (Å²) in [5, 5.41) is 1.95. The van der Waals surface area contributed by atoms with Gasteiger partial charge in [-0.25, -0.2) is 4.79 Å². The van der Waals surface area contributed by atoms with E-state index in [1.54, 1.807) is 0 Å². The first-order valence-corrected chi connectivity index (χ1v) is 5.59. The minimum Gasteiger partial charge on any atom is -0.461 e. The molecule has 21 heavy (non-hydrogen) atoms. The van der Waals surface area contributed by atoms with E-state index >= 15 is 0 Å². The second-order valence-electron chi connectivity index (χ2n) is 3.59.